The molecular formula is C14H12BrFO2. The number of carbonyl (C=O) groups excluding carboxylic acids is 1. The third-order valence-corrected chi connectivity index (χ3v) is 3.38. The number of rotatable bonds is 2. The molecule has 2 nitrogen and oxygen atoms in total. The van der Waals surface area contributed by atoms with Crippen molar-refractivity contribution in [3.05, 3.63) is 57.7 Å². The highest BCUT2D eigenvalue weighted by Crippen LogP contribution is 2.35. The lowest BCUT2D eigenvalue weighted by atomic mass is 9.87. The van der Waals surface area contributed by atoms with Crippen molar-refractivity contribution < 1.29 is 13.9 Å². The first-order chi connectivity index (χ1) is 8.49. The van der Waals surface area contributed by atoms with Crippen molar-refractivity contribution in [2.24, 2.45) is 0 Å². The summed E-state index contributed by atoms with van der Waals surface area (Å²) >= 11 is 3.34. The van der Waals surface area contributed by atoms with E-state index in [9.17, 15) is 9.18 Å². The predicted octanol–water partition coefficient (Wildman–Crippen LogP) is 4.24. The second-order valence-electron chi connectivity index (χ2n) is 4.13. The molecule has 0 fully saturated rings. The van der Waals surface area contributed by atoms with Crippen molar-refractivity contribution in [1.29, 1.82) is 0 Å². The van der Waals surface area contributed by atoms with Gasteiger partial charge in [0.15, 0.2) is 5.78 Å². The van der Waals surface area contributed by atoms with Crippen molar-refractivity contribution in [3.8, 4) is 0 Å². The number of ether oxygens (including phenoxy) is 1. The molecule has 0 aromatic heterocycles. The summed E-state index contributed by atoms with van der Waals surface area (Å²) in [4.78, 5) is 11.7. The molecule has 0 N–H and O–H groups in total. The van der Waals surface area contributed by atoms with Crippen LogP contribution in [0, 0.1) is 0 Å². The first-order valence-electron chi connectivity index (χ1n) is 5.51. The molecule has 1 unspecified atom stereocenters. The summed E-state index contributed by atoms with van der Waals surface area (Å²) in [7, 11) is 0. The zero-order valence-corrected chi connectivity index (χ0v) is 11.6. The van der Waals surface area contributed by atoms with Gasteiger partial charge in [0.05, 0.1) is 0 Å². The fourth-order valence-corrected chi connectivity index (χ4v) is 2.33. The van der Waals surface area contributed by atoms with Crippen LogP contribution in [0.2, 0.25) is 0 Å². The third-order valence-electron chi connectivity index (χ3n) is 2.85. The Hall–Kier alpha value is -1.42. The molecule has 4 heteroatoms. The van der Waals surface area contributed by atoms with Gasteiger partial charge in [0.1, 0.15) is 5.76 Å². The molecule has 0 radical (unpaired) electrons. The predicted molar refractivity (Wildman–Crippen MR) is 70.5 cm³/mol. The monoisotopic (exact) mass is 310 g/mol. The van der Waals surface area contributed by atoms with Gasteiger partial charge >= 0.3 is 0 Å². The Balaban J connectivity index is 2.48. The van der Waals surface area contributed by atoms with E-state index in [1.165, 1.54) is 13.0 Å². The third kappa shape index (κ3) is 2.53. The molecule has 1 aromatic rings. The number of Topliss-reactive ketones (excluding diaryl/α,β-unsaturated/α-hetero) is 1. The normalized spacial score (nSPS) is 19.3. The van der Waals surface area contributed by atoms with Crippen LogP contribution in [0.5, 0.6) is 0 Å². The van der Waals surface area contributed by atoms with Gasteiger partial charge in [0.2, 0.25) is 0 Å². The van der Waals surface area contributed by atoms with Crippen LogP contribution < -0.4 is 0 Å². The molecule has 18 heavy (non-hydrogen) atoms. The zero-order chi connectivity index (χ0) is 13.3. The minimum absolute atomic E-state index is 0.107. The van der Waals surface area contributed by atoms with E-state index in [0.29, 0.717) is 11.3 Å². The number of allylic oxidation sites excluding steroid dienone is 3. The molecule has 1 aliphatic heterocycles. The lowest BCUT2D eigenvalue weighted by Crippen LogP contribution is -2.15. The highest BCUT2D eigenvalue weighted by atomic mass is 79.9. The van der Waals surface area contributed by atoms with Crippen molar-refractivity contribution in [2.75, 3.05) is 0 Å². The molecule has 0 spiro atoms. The highest BCUT2D eigenvalue weighted by Gasteiger charge is 2.27. The van der Waals surface area contributed by atoms with Gasteiger partial charge < -0.3 is 4.74 Å². The molecule has 94 valence electrons. The Labute approximate surface area is 113 Å². The Kier molecular flexibility index (Phi) is 3.66. The van der Waals surface area contributed by atoms with Crippen LogP contribution in [0.15, 0.2) is 52.2 Å². The minimum Gasteiger partial charge on any atom is -0.436 e. The SMILES string of the molecule is CC(=O)C1=C(C)OC(F)=CC1c1ccc(Br)cc1. The Morgan fingerprint density at radius 1 is 1.33 bits per heavy atom. The zero-order valence-electron chi connectivity index (χ0n) is 10.0. The summed E-state index contributed by atoms with van der Waals surface area (Å²) in [6.45, 7) is 3.07. The van der Waals surface area contributed by atoms with E-state index in [1.54, 1.807) is 6.92 Å². The van der Waals surface area contributed by atoms with E-state index in [1.807, 2.05) is 24.3 Å². The Morgan fingerprint density at radius 3 is 2.50 bits per heavy atom. The van der Waals surface area contributed by atoms with E-state index >= 15 is 0 Å². The molecule has 2 rings (SSSR count). The van der Waals surface area contributed by atoms with Crippen LogP contribution in [-0.4, -0.2) is 5.78 Å². The molecule has 1 heterocycles. The molecule has 0 amide bonds. The van der Waals surface area contributed by atoms with E-state index < -0.39 is 6.01 Å². The fourth-order valence-electron chi connectivity index (χ4n) is 2.07. The number of ketones is 1. The van der Waals surface area contributed by atoms with Crippen LogP contribution >= 0.6 is 15.9 Å². The molecular weight excluding hydrogens is 299 g/mol. The molecule has 0 saturated heterocycles. The first-order valence-corrected chi connectivity index (χ1v) is 6.30. The molecule has 0 aliphatic carbocycles. The molecule has 0 saturated carbocycles. The maximum absolute atomic E-state index is 13.4. The van der Waals surface area contributed by atoms with E-state index in [0.717, 1.165) is 10.0 Å². The average Bonchev–Trinajstić information content (AvgIpc) is 2.28. The van der Waals surface area contributed by atoms with Crippen LogP contribution in [0.25, 0.3) is 0 Å². The second kappa shape index (κ2) is 5.06. The van der Waals surface area contributed by atoms with Gasteiger partial charge in [-0.2, -0.15) is 4.39 Å². The standard InChI is InChI=1S/C14H12BrFO2/c1-8(17)14-9(2)18-13(16)7-12(14)10-3-5-11(15)6-4-10/h3-7,12H,1-2H3. The van der Waals surface area contributed by atoms with E-state index in [4.69, 9.17) is 4.74 Å². The van der Waals surface area contributed by atoms with E-state index in [2.05, 4.69) is 15.9 Å². The van der Waals surface area contributed by atoms with Crippen molar-refractivity contribution >= 4 is 21.7 Å². The van der Waals surface area contributed by atoms with Crippen molar-refractivity contribution in [3.63, 3.8) is 0 Å². The summed E-state index contributed by atoms with van der Waals surface area (Å²) < 4.78 is 19.2. The number of carbonyl (C=O) groups is 1. The summed E-state index contributed by atoms with van der Waals surface area (Å²) in [6, 6.07) is 6.79. The quantitative estimate of drug-likeness (QED) is 0.817. The summed E-state index contributed by atoms with van der Waals surface area (Å²) in [6.07, 6.45) is 1.33. The van der Waals surface area contributed by atoms with Gasteiger partial charge in [-0.1, -0.05) is 28.1 Å². The molecule has 1 aliphatic rings. The lowest BCUT2D eigenvalue weighted by Gasteiger charge is -2.22. The van der Waals surface area contributed by atoms with Gasteiger partial charge in [-0.05, 0) is 31.5 Å². The van der Waals surface area contributed by atoms with Crippen LogP contribution in [0.1, 0.15) is 25.3 Å². The highest BCUT2D eigenvalue weighted by molar-refractivity contribution is 9.10. The summed E-state index contributed by atoms with van der Waals surface area (Å²) in [5, 5.41) is 0. The fraction of sp³-hybridized carbons (Fsp3) is 0.214. The maximum atomic E-state index is 13.4. The van der Waals surface area contributed by atoms with Gasteiger partial charge in [-0.25, -0.2) is 0 Å². The average molecular weight is 311 g/mol. The first kappa shape index (κ1) is 13.0. The number of hydrogen-bond donors (Lipinski definition) is 0. The van der Waals surface area contributed by atoms with Gasteiger partial charge in [0.25, 0.3) is 6.01 Å². The Morgan fingerprint density at radius 2 is 1.94 bits per heavy atom. The second-order valence-corrected chi connectivity index (χ2v) is 5.04. The largest absolute Gasteiger partial charge is 0.436 e. The van der Waals surface area contributed by atoms with Gasteiger partial charge in [-0.3, -0.25) is 4.79 Å². The molecule has 1 aromatic carbocycles. The number of halogens is 2. The maximum Gasteiger partial charge on any atom is 0.274 e. The van der Waals surface area contributed by atoms with Crippen LogP contribution in [0.3, 0.4) is 0 Å². The molecule has 0 bridgehead atoms. The van der Waals surface area contributed by atoms with E-state index in [-0.39, 0.29) is 11.7 Å². The Bertz CT molecular complexity index is 543. The summed E-state index contributed by atoms with van der Waals surface area (Å²) in [5.74, 6) is -0.163. The number of hydrogen-bond acceptors (Lipinski definition) is 2. The molecule has 1 atom stereocenters. The van der Waals surface area contributed by atoms with Gasteiger partial charge in [0, 0.05) is 22.0 Å². The van der Waals surface area contributed by atoms with Crippen LogP contribution in [-0.2, 0) is 9.53 Å². The lowest BCUT2D eigenvalue weighted by molar-refractivity contribution is -0.114. The number of benzene rings is 1. The summed E-state index contributed by atoms with van der Waals surface area (Å²) in [5.41, 5.74) is 1.36. The van der Waals surface area contributed by atoms with Crippen LogP contribution in [0.4, 0.5) is 4.39 Å². The topological polar surface area (TPSA) is 26.3 Å². The van der Waals surface area contributed by atoms with Gasteiger partial charge in [-0.15, -0.1) is 0 Å². The van der Waals surface area contributed by atoms with Crippen molar-refractivity contribution in [2.45, 2.75) is 19.8 Å². The smallest absolute Gasteiger partial charge is 0.274 e. The van der Waals surface area contributed by atoms with Crippen molar-refractivity contribution in [1.82, 2.24) is 0 Å². The minimum atomic E-state index is -0.662.